The Morgan fingerprint density at radius 2 is 2.00 bits per heavy atom. The number of rotatable bonds is 7. The lowest BCUT2D eigenvalue weighted by atomic mass is 10.2. The number of halogens is 2. The van der Waals surface area contributed by atoms with Crippen molar-refractivity contribution in [2.24, 2.45) is 0 Å². The Balaban J connectivity index is 2.00. The van der Waals surface area contributed by atoms with E-state index in [9.17, 15) is 4.39 Å². The number of hydrogen-bond acceptors (Lipinski definition) is 2. The molecular weight excluding hydrogens is 289 g/mol. The molecule has 4 heteroatoms. The molecule has 0 atom stereocenters. The lowest BCUT2D eigenvalue weighted by Gasteiger charge is -2.12. The van der Waals surface area contributed by atoms with Gasteiger partial charge in [-0.2, -0.15) is 0 Å². The predicted molar refractivity (Wildman–Crippen MR) is 84.2 cm³/mol. The van der Waals surface area contributed by atoms with E-state index in [4.69, 9.17) is 16.3 Å². The first-order valence-corrected chi connectivity index (χ1v) is 7.44. The summed E-state index contributed by atoms with van der Waals surface area (Å²) >= 11 is 5.67. The van der Waals surface area contributed by atoms with Crippen molar-refractivity contribution in [1.82, 2.24) is 5.32 Å². The summed E-state index contributed by atoms with van der Waals surface area (Å²) in [6.07, 6.45) is 1.09. The quantitative estimate of drug-likeness (QED) is 0.757. The van der Waals surface area contributed by atoms with Gasteiger partial charge in [0.15, 0.2) is 0 Å². The van der Waals surface area contributed by atoms with Crippen LogP contribution in [0.4, 0.5) is 4.39 Å². The summed E-state index contributed by atoms with van der Waals surface area (Å²) in [5.74, 6) is 0.395. The smallest absolute Gasteiger partial charge is 0.142 e. The molecule has 0 aliphatic rings. The second-order valence-electron chi connectivity index (χ2n) is 4.82. The Morgan fingerprint density at radius 3 is 2.76 bits per heavy atom. The summed E-state index contributed by atoms with van der Waals surface area (Å²) in [4.78, 5) is 0. The van der Waals surface area contributed by atoms with E-state index < -0.39 is 5.82 Å². The SMILES string of the molecule is CCCNCc1ccccc1OCc1ccc(Cl)c(F)c1. The number of nitrogens with one attached hydrogen (secondary N) is 1. The van der Waals surface area contributed by atoms with E-state index in [2.05, 4.69) is 12.2 Å². The minimum absolute atomic E-state index is 0.128. The third-order valence-corrected chi connectivity index (χ3v) is 3.40. The molecule has 0 fully saturated rings. The standard InChI is InChI=1S/C17H19ClFNO/c1-2-9-20-11-14-5-3-4-6-17(14)21-12-13-7-8-15(18)16(19)10-13/h3-8,10,20H,2,9,11-12H2,1H3. The van der Waals surface area contributed by atoms with Crippen LogP contribution in [0.15, 0.2) is 42.5 Å². The van der Waals surface area contributed by atoms with Gasteiger partial charge in [-0.3, -0.25) is 0 Å². The topological polar surface area (TPSA) is 21.3 Å². The first-order valence-electron chi connectivity index (χ1n) is 7.06. The van der Waals surface area contributed by atoms with Crippen LogP contribution in [0.5, 0.6) is 5.75 Å². The fraction of sp³-hybridized carbons (Fsp3) is 0.294. The lowest BCUT2D eigenvalue weighted by Crippen LogP contribution is -2.14. The van der Waals surface area contributed by atoms with Crippen LogP contribution in [0, 0.1) is 5.82 Å². The zero-order chi connectivity index (χ0) is 15.1. The van der Waals surface area contributed by atoms with E-state index in [1.165, 1.54) is 6.07 Å². The maximum Gasteiger partial charge on any atom is 0.142 e. The van der Waals surface area contributed by atoms with Gasteiger partial charge >= 0.3 is 0 Å². The minimum atomic E-state index is -0.421. The minimum Gasteiger partial charge on any atom is -0.489 e. The van der Waals surface area contributed by atoms with Gasteiger partial charge in [0.05, 0.1) is 5.02 Å². The highest BCUT2D eigenvalue weighted by molar-refractivity contribution is 6.30. The maximum atomic E-state index is 13.4. The Bertz CT molecular complexity index is 589. The second-order valence-corrected chi connectivity index (χ2v) is 5.23. The number of para-hydroxylation sites is 1. The van der Waals surface area contributed by atoms with Crippen molar-refractivity contribution in [3.8, 4) is 5.75 Å². The van der Waals surface area contributed by atoms with Gasteiger partial charge in [0.25, 0.3) is 0 Å². The molecule has 0 aliphatic heterocycles. The van der Waals surface area contributed by atoms with Crippen molar-refractivity contribution in [2.45, 2.75) is 26.5 Å². The molecule has 2 rings (SSSR count). The normalized spacial score (nSPS) is 10.6. The zero-order valence-corrected chi connectivity index (χ0v) is 12.8. The van der Waals surface area contributed by atoms with E-state index in [1.54, 1.807) is 12.1 Å². The largest absolute Gasteiger partial charge is 0.489 e. The molecule has 0 amide bonds. The highest BCUT2D eigenvalue weighted by Crippen LogP contribution is 2.21. The molecule has 0 spiro atoms. The molecule has 2 nitrogen and oxygen atoms in total. The van der Waals surface area contributed by atoms with Crippen molar-refractivity contribution in [3.63, 3.8) is 0 Å². The summed E-state index contributed by atoms with van der Waals surface area (Å²) in [5.41, 5.74) is 1.86. The molecule has 2 aromatic rings. The molecular formula is C17H19ClFNO. The van der Waals surface area contributed by atoms with Gasteiger partial charge in [-0.05, 0) is 36.7 Å². The van der Waals surface area contributed by atoms with Gasteiger partial charge in [-0.1, -0.05) is 42.8 Å². The number of benzene rings is 2. The molecule has 0 radical (unpaired) electrons. The van der Waals surface area contributed by atoms with E-state index in [1.807, 2.05) is 24.3 Å². The van der Waals surface area contributed by atoms with Gasteiger partial charge in [-0.25, -0.2) is 4.39 Å². The first-order chi connectivity index (χ1) is 10.2. The van der Waals surface area contributed by atoms with Crippen LogP contribution in [0.1, 0.15) is 24.5 Å². The molecule has 21 heavy (non-hydrogen) atoms. The Kier molecular flexibility index (Phi) is 6.03. The van der Waals surface area contributed by atoms with Gasteiger partial charge < -0.3 is 10.1 Å². The van der Waals surface area contributed by atoms with E-state index >= 15 is 0 Å². The lowest BCUT2D eigenvalue weighted by molar-refractivity contribution is 0.301. The van der Waals surface area contributed by atoms with Crippen molar-refractivity contribution >= 4 is 11.6 Å². The van der Waals surface area contributed by atoms with Crippen LogP contribution in [0.25, 0.3) is 0 Å². The Hall–Kier alpha value is -1.58. The van der Waals surface area contributed by atoms with Crippen molar-refractivity contribution in [2.75, 3.05) is 6.54 Å². The summed E-state index contributed by atoms with van der Waals surface area (Å²) in [6.45, 7) is 4.18. The van der Waals surface area contributed by atoms with Gasteiger partial charge in [0, 0.05) is 12.1 Å². The van der Waals surface area contributed by atoms with Crippen molar-refractivity contribution in [1.29, 1.82) is 0 Å². The van der Waals surface area contributed by atoms with Crippen molar-refractivity contribution < 1.29 is 9.13 Å². The van der Waals surface area contributed by atoms with Crippen LogP contribution >= 0.6 is 11.6 Å². The summed E-state index contributed by atoms with van der Waals surface area (Å²) in [5, 5.41) is 3.48. The summed E-state index contributed by atoms with van der Waals surface area (Å²) in [6, 6.07) is 12.6. The highest BCUT2D eigenvalue weighted by atomic mass is 35.5. The predicted octanol–water partition coefficient (Wildman–Crippen LogP) is 4.56. The highest BCUT2D eigenvalue weighted by Gasteiger charge is 2.05. The zero-order valence-electron chi connectivity index (χ0n) is 12.0. The molecule has 0 aliphatic carbocycles. The van der Waals surface area contributed by atoms with Gasteiger partial charge in [-0.15, -0.1) is 0 Å². The van der Waals surface area contributed by atoms with Crippen LogP contribution in [0.2, 0.25) is 5.02 Å². The molecule has 0 saturated carbocycles. The average Bonchev–Trinajstić information content (AvgIpc) is 2.50. The van der Waals surface area contributed by atoms with Crippen LogP contribution in [0.3, 0.4) is 0 Å². The molecule has 1 N–H and O–H groups in total. The van der Waals surface area contributed by atoms with Crippen LogP contribution in [-0.4, -0.2) is 6.54 Å². The molecule has 0 heterocycles. The number of hydrogen-bond donors (Lipinski definition) is 1. The fourth-order valence-electron chi connectivity index (χ4n) is 1.98. The summed E-state index contributed by atoms with van der Waals surface area (Å²) < 4.78 is 19.2. The van der Waals surface area contributed by atoms with E-state index in [-0.39, 0.29) is 5.02 Å². The number of ether oxygens (including phenoxy) is 1. The van der Waals surface area contributed by atoms with Crippen molar-refractivity contribution in [3.05, 3.63) is 64.4 Å². The molecule has 0 saturated heterocycles. The third-order valence-electron chi connectivity index (χ3n) is 3.09. The Labute approximate surface area is 129 Å². The molecule has 2 aromatic carbocycles. The first kappa shape index (κ1) is 15.8. The van der Waals surface area contributed by atoms with Gasteiger partial charge in [0.2, 0.25) is 0 Å². The Morgan fingerprint density at radius 1 is 1.19 bits per heavy atom. The molecule has 0 unspecified atom stereocenters. The van der Waals surface area contributed by atoms with E-state index in [0.717, 1.165) is 36.4 Å². The molecule has 0 aromatic heterocycles. The van der Waals surface area contributed by atoms with Crippen LogP contribution in [-0.2, 0) is 13.2 Å². The monoisotopic (exact) mass is 307 g/mol. The second kappa shape index (κ2) is 8.01. The maximum absolute atomic E-state index is 13.4. The fourth-order valence-corrected chi connectivity index (χ4v) is 2.10. The molecule has 112 valence electrons. The van der Waals surface area contributed by atoms with Gasteiger partial charge in [0.1, 0.15) is 18.2 Å². The third kappa shape index (κ3) is 4.73. The van der Waals surface area contributed by atoms with Crippen LogP contribution < -0.4 is 10.1 Å². The average molecular weight is 308 g/mol. The summed E-state index contributed by atoms with van der Waals surface area (Å²) in [7, 11) is 0. The van der Waals surface area contributed by atoms with E-state index in [0.29, 0.717) is 6.61 Å². The molecule has 0 bridgehead atoms.